The molecule has 0 bridgehead atoms. The Kier molecular flexibility index (Phi) is 6.59. The number of rotatable bonds is 5. The number of thioether (sulfide) groups is 1. The molecule has 9 heteroatoms. The van der Waals surface area contributed by atoms with E-state index in [4.69, 9.17) is 0 Å². The predicted molar refractivity (Wildman–Crippen MR) is 126 cm³/mol. The van der Waals surface area contributed by atoms with Crippen molar-refractivity contribution < 1.29 is 9.18 Å². The van der Waals surface area contributed by atoms with Gasteiger partial charge < -0.3 is 9.47 Å². The Morgan fingerprint density at radius 3 is 2.58 bits per heavy atom. The molecule has 2 aromatic heterocycles. The normalized spacial score (nSPS) is 18.8. The van der Waals surface area contributed by atoms with E-state index in [9.17, 15) is 9.18 Å². The molecule has 2 fully saturated rings. The molecule has 0 spiro atoms. The van der Waals surface area contributed by atoms with Gasteiger partial charge in [0, 0.05) is 43.9 Å². The highest BCUT2D eigenvalue weighted by Gasteiger charge is 2.32. The summed E-state index contributed by atoms with van der Waals surface area (Å²) in [6.45, 7) is 4.26. The van der Waals surface area contributed by atoms with Crippen LogP contribution in [-0.2, 0) is 11.3 Å². The number of fused-ring (bicyclic) bond motifs is 1. The molecule has 3 aromatic rings. The molecule has 2 aliphatic rings. The van der Waals surface area contributed by atoms with E-state index in [1.54, 1.807) is 18.0 Å². The number of piperidine rings is 2. The number of carbonyl (C=O) groups is 1. The molecule has 0 saturated carbocycles. The van der Waals surface area contributed by atoms with E-state index in [1.807, 2.05) is 24.6 Å². The Labute approximate surface area is 197 Å². The molecule has 0 atom stereocenters. The third-order valence-corrected chi connectivity index (χ3v) is 7.58. The Hall–Kier alpha value is -2.52. The molecule has 2 saturated heterocycles. The summed E-state index contributed by atoms with van der Waals surface area (Å²) in [5.74, 6) is 0.164. The number of amides is 1. The average molecular weight is 469 g/mol. The van der Waals surface area contributed by atoms with Crippen LogP contribution >= 0.6 is 11.8 Å². The predicted octanol–water partition coefficient (Wildman–Crippen LogP) is 3.76. The molecule has 5 rings (SSSR count). The van der Waals surface area contributed by atoms with Crippen molar-refractivity contribution in [1.82, 2.24) is 29.5 Å². The fourth-order valence-corrected chi connectivity index (χ4v) is 5.79. The number of aromatic nitrogens is 4. The molecule has 0 aliphatic carbocycles. The molecular weight excluding hydrogens is 439 g/mol. The van der Waals surface area contributed by atoms with Gasteiger partial charge in [0.05, 0.1) is 17.2 Å². The smallest absolute Gasteiger partial charge is 0.225 e. The van der Waals surface area contributed by atoms with Crippen LogP contribution in [0.1, 0.15) is 37.3 Å². The maximum atomic E-state index is 13.7. The number of halogens is 1. The quantitative estimate of drug-likeness (QED) is 0.531. The summed E-state index contributed by atoms with van der Waals surface area (Å²) in [5.41, 5.74) is 2.84. The molecule has 174 valence electrons. The topological polar surface area (TPSA) is 67.2 Å². The van der Waals surface area contributed by atoms with E-state index in [0.717, 1.165) is 74.6 Å². The van der Waals surface area contributed by atoms with E-state index in [1.165, 1.54) is 12.1 Å². The molecule has 33 heavy (non-hydrogen) atoms. The molecule has 4 heterocycles. The van der Waals surface area contributed by atoms with E-state index in [0.29, 0.717) is 11.4 Å². The zero-order valence-corrected chi connectivity index (χ0v) is 19.7. The van der Waals surface area contributed by atoms with Crippen LogP contribution in [0, 0.1) is 11.7 Å². The van der Waals surface area contributed by atoms with E-state index in [-0.39, 0.29) is 17.8 Å². The number of nitrogens with zero attached hydrogens (tertiary/aromatic N) is 6. The Morgan fingerprint density at radius 1 is 1.09 bits per heavy atom. The minimum absolute atomic E-state index is 0.118. The fraction of sp³-hybridized carbons (Fsp3) is 0.500. The van der Waals surface area contributed by atoms with Gasteiger partial charge in [-0.3, -0.25) is 9.69 Å². The maximum absolute atomic E-state index is 13.7. The summed E-state index contributed by atoms with van der Waals surface area (Å²) in [6.07, 6.45) is 9.15. The third-order valence-electron chi connectivity index (χ3n) is 6.93. The van der Waals surface area contributed by atoms with E-state index < -0.39 is 0 Å². The second kappa shape index (κ2) is 9.77. The summed E-state index contributed by atoms with van der Waals surface area (Å²) in [6, 6.07) is 7.10. The largest absolute Gasteiger partial charge is 0.342 e. The van der Waals surface area contributed by atoms with Gasteiger partial charge in [0.15, 0.2) is 5.16 Å². The minimum atomic E-state index is -0.260. The number of hydrogen-bond acceptors (Lipinski definition) is 6. The summed E-state index contributed by atoms with van der Waals surface area (Å²) in [5, 5.41) is 8.70. The Morgan fingerprint density at radius 2 is 1.88 bits per heavy atom. The highest BCUT2D eigenvalue weighted by Crippen LogP contribution is 2.33. The Balaban J connectivity index is 1.17. The van der Waals surface area contributed by atoms with Gasteiger partial charge in [-0.2, -0.15) is 10.2 Å². The van der Waals surface area contributed by atoms with Crippen LogP contribution in [0.4, 0.5) is 4.39 Å². The van der Waals surface area contributed by atoms with Crippen molar-refractivity contribution in [2.45, 2.75) is 43.4 Å². The van der Waals surface area contributed by atoms with Crippen molar-refractivity contribution in [3.8, 4) is 0 Å². The van der Waals surface area contributed by atoms with Crippen LogP contribution < -0.4 is 0 Å². The highest BCUT2D eigenvalue weighted by molar-refractivity contribution is 7.98. The third kappa shape index (κ3) is 4.75. The molecule has 1 amide bonds. The zero-order chi connectivity index (χ0) is 22.8. The second-order valence-corrected chi connectivity index (χ2v) is 9.73. The van der Waals surface area contributed by atoms with Gasteiger partial charge in [0.1, 0.15) is 5.82 Å². The lowest BCUT2D eigenvalue weighted by atomic mass is 9.93. The first-order valence-corrected chi connectivity index (χ1v) is 12.8. The first-order chi connectivity index (χ1) is 16.1. The van der Waals surface area contributed by atoms with Gasteiger partial charge in [-0.05, 0) is 68.8 Å². The van der Waals surface area contributed by atoms with Gasteiger partial charge in [-0.1, -0.05) is 11.8 Å². The van der Waals surface area contributed by atoms with Gasteiger partial charge in [0.25, 0.3) is 0 Å². The second-order valence-electron chi connectivity index (χ2n) is 8.96. The lowest BCUT2D eigenvalue weighted by Crippen LogP contribution is -2.45. The summed E-state index contributed by atoms with van der Waals surface area (Å²) in [7, 11) is 0. The number of likely N-dealkylation sites (tertiary alicyclic amines) is 2. The Bertz CT molecular complexity index is 1110. The van der Waals surface area contributed by atoms with Crippen LogP contribution in [0.15, 0.2) is 41.8 Å². The van der Waals surface area contributed by atoms with Crippen molar-refractivity contribution in [2.75, 3.05) is 32.4 Å². The molecule has 0 unspecified atom stereocenters. The SMILES string of the molecule is CSc1nc2cc(F)ccc2n1C1CCN(C(=O)C2CCN(Cc3ccnnc3)CC2)CC1. The molecular formula is C24H29FN6OS. The summed E-state index contributed by atoms with van der Waals surface area (Å²) < 4.78 is 15.9. The maximum Gasteiger partial charge on any atom is 0.225 e. The first-order valence-electron chi connectivity index (χ1n) is 11.6. The molecule has 2 aliphatic heterocycles. The molecule has 1 aromatic carbocycles. The van der Waals surface area contributed by atoms with Crippen LogP contribution in [0.2, 0.25) is 0 Å². The van der Waals surface area contributed by atoms with Crippen LogP contribution in [-0.4, -0.2) is 67.9 Å². The van der Waals surface area contributed by atoms with Crippen molar-refractivity contribution in [1.29, 1.82) is 0 Å². The summed E-state index contributed by atoms with van der Waals surface area (Å²) >= 11 is 1.59. The van der Waals surface area contributed by atoms with Crippen molar-refractivity contribution in [3.63, 3.8) is 0 Å². The standard InChI is InChI=1S/C24H29FN6OS/c1-33-24-28-21-14-19(25)2-3-22(21)31(24)20-7-12-30(13-8-20)23(32)18-5-10-29(11-6-18)16-17-4-9-26-27-15-17/h2-4,9,14-15,18,20H,5-8,10-13,16H2,1H3. The number of hydrogen-bond donors (Lipinski definition) is 0. The highest BCUT2D eigenvalue weighted by atomic mass is 32.2. The van der Waals surface area contributed by atoms with Gasteiger partial charge in [-0.25, -0.2) is 9.37 Å². The molecule has 0 N–H and O–H groups in total. The van der Waals surface area contributed by atoms with Gasteiger partial charge in [-0.15, -0.1) is 0 Å². The number of imidazole rings is 1. The summed E-state index contributed by atoms with van der Waals surface area (Å²) in [4.78, 5) is 22.3. The van der Waals surface area contributed by atoms with Gasteiger partial charge >= 0.3 is 0 Å². The van der Waals surface area contributed by atoms with E-state index in [2.05, 4.69) is 29.5 Å². The molecule has 7 nitrogen and oxygen atoms in total. The van der Waals surface area contributed by atoms with Crippen molar-refractivity contribution in [2.24, 2.45) is 5.92 Å². The lowest BCUT2D eigenvalue weighted by Gasteiger charge is -2.38. The molecule has 0 radical (unpaired) electrons. The van der Waals surface area contributed by atoms with Crippen LogP contribution in [0.3, 0.4) is 0 Å². The monoisotopic (exact) mass is 468 g/mol. The van der Waals surface area contributed by atoms with Gasteiger partial charge in [0.2, 0.25) is 5.91 Å². The van der Waals surface area contributed by atoms with Crippen molar-refractivity contribution >= 4 is 28.7 Å². The minimum Gasteiger partial charge on any atom is -0.342 e. The number of benzene rings is 1. The fourth-order valence-electron chi connectivity index (χ4n) is 5.16. The average Bonchev–Trinajstić information content (AvgIpc) is 3.22. The van der Waals surface area contributed by atoms with Crippen LogP contribution in [0.5, 0.6) is 0 Å². The first kappa shape index (κ1) is 22.3. The van der Waals surface area contributed by atoms with E-state index >= 15 is 0 Å². The number of carbonyl (C=O) groups excluding carboxylic acids is 1. The van der Waals surface area contributed by atoms with Crippen LogP contribution in [0.25, 0.3) is 11.0 Å². The lowest BCUT2D eigenvalue weighted by molar-refractivity contribution is -0.138. The van der Waals surface area contributed by atoms with Crippen molar-refractivity contribution in [3.05, 3.63) is 48.0 Å². The zero-order valence-electron chi connectivity index (χ0n) is 18.9.